The number of anilines is 1. The maximum Gasteiger partial charge on any atom is 0.275 e. The summed E-state index contributed by atoms with van der Waals surface area (Å²) in [5.74, 6) is 0. The summed E-state index contributed by atoms with van der Waals surface area (Å²) in [6.07, 6.45) is 0.879. The number of rotatable bonds is 5. The third-order valence-electron chi connectivity index (χ3n) is 3.16. The topological polar surface area (TPSA) is 55.2 Å². The van der Waals surface area contributed by atoms with Gasteiger partial charge < -0.3 is 5.32 Å². The van der Waals surface area contributed by atoms with Gasteiger partial charge in [0, 0.05) is 33.4 Å². The molecule has 0 heterocycles. The Labute approximate surface area is 136 Å². The minimum Gasteiger partial charge on any atom is -0.380 e. The van der Waals surface area contributed by atoms with Crippen LogP contribution in [0.2, 0.25) is 5.02 Å². The summed E-state index contributed by atoms with van der Waals surface area (Å²) < 4.78 is 1.02. The molecule has 2 aromatic carbocycles. The fraction of sp³-hybridized carbons (Fsp3) is 0.200. The third-order valence-corrected chi connectivity index (χ3v) is 3.89. The van der Waals surface area contributed by atoms with E-state index in [-0.39, 0.29) is 5.69 Å². The number of hydrogen-bond donors (Lipinski definition) is 1. The number of aryl methyl sites for hydroxylation is 1. The van der Waals surface area contributed by atoms with Crippen molar-refractivity contribution in [1.29, 1.82) is 0 Å². The van der Waals surface area contributed by atoms with Gasteiger partial charge in [-0.15, -0.1) is 0 Å². The fourth-order valence-electron chi connectivity index (χ4n) is 2.07. The second-order valence-electron chi connectivity index (χ2n) is 4.54. The summed E-state index contributed by atoms with van der Waals surface area (Å²) in [4.78, 5) is 10.7. The van der Waals surface area contributed by atoms with E-state index < -0.39 is 4.92 Å². The van der Waals surface area contributed by atoms with Crippen LogP contribution in [0, 0.1) is 10.1 Å². The molecular formula is C15H14BrClN2O2. The Morgan fingerprint density at radius 3 is 2.67 bits per heavy atom. The number of nitrogens with one attached hydrogen (secondary N) is 1. The van der Waals surface area contributed by atoms with Gasteiger partial charge in [0.1, 0.15) is 0 Å². The molecule has 110 valence electrons. The molecule has 0 saturated heterocycles. The van der Waals surface area contributed by atoms with E-state index in [9.17, 15) is 10.1 Å². The van der Waals surface area contributed by atoms with Crippen molar-refractivity contribution in [3.63, 3.8) is 0 Å². The Morgan fingerprint density at radius 2 is 2.00 bits per heavy atom. The van der Waals surface area contributed by atoms with Gasteiger partial charge in [0.05, 0.1) is 4.92 Å². The van der Waals surface area contributed by atoms with E-state index in [4.69, 9.17) is 11.6 Å². The predicted octanol–water partition coefficient (Wildman–Crippen LogP) is 5.19. The molecule has 0 fully saturated rings. The van der Waals surface area contributed by atoms with Crippen LogP contribution in [0.15, 0.2) is 40.9 Å². The van der Waals surface area contributed by atoms with Crippen LogP contribution in [0.4, 0.5) is 11.4 Å². The number of hydrogen-bond acceptors (Lipinski definition) is 3. The largest absolute Gasteiger partial charge is 0.380 e. The van der Waals surface area contributed by atoms with Crippen LogP contribution in [-0.2, 0) is 13.0 Å². The zero-order chi connectivity index (χ0) is 15.4. The number of halogens is 2. The van der Waals surface area contributed by atoms with Crippen LogP contribution in [-0.4, -0.2) is 4.92 Å². The van der Waals surface area contributed by atoms with Gasteiger partial charge >= 0.3 is 0 Å². The molecule has 0 atom stereocenters. The molecule has 1 N–H and O–H groups in total. The van der Waals surface area contributed by atoms with E-state index in [0.29, 0.717) is 17.1 Å². The van der Waals surface area contributed by atoms with E-state index in [1.165, 1.54) is 6.07 Å². The van der Waals surface area contributed by atoms with Crippen LogP contribution in [0.5, 0.6) is 0 Å². The van der Waals surface area contributed by atoms with Crippen molar-refractivity contribution in [1.82, 2.24) is 0 Å². The van der Waals surface area contributed by atoms with Crippen LogP contribution >= 0.6 is 27.5 Å². The Hall–Kier alpha value is -1.59. The Bertz CT molecular complexity index is 677. The molecule has 6 heteroatoms. The van der Waals surface area contributed by atoms with Gasteiger partial charge in [0.25, 0.3) is 5.69 Å². The lowest BCUT2D eigenvalue weighted by Gasteiger charge is -2.12. The molecule has 0 radical (unpaired) electrons. The number of nitro groups is 1. The molecule has 0 bridgehead atoms. The maximum absolute atomic E-state index is 11.1. The second-order valence-corrected chi connectivity index (χ2v) is 5.89. The summed E-state index contributed by atoms with van der Waals surface area (Å²) in [6, 6.07) is 10.7. The minimum absolute atomic E-state index is 0.0326. The van der Waals surface area contributed by atoms with E-state index in [2.05, 4.69) is 28.2 Å². The van der Waals surface area contributed by atoms with Gasteiger partial charge in [-0.3, -0.25) is 10.1 Å². The number of nitrogens with zero attached hydrogens (tertiary/aromatic N) is 1. The summed E-state index contributed by atoms with van der Waals surface area (Å²) in [6.45, 7) is 2.44. The lowest BCUT2D eigenvalue weighted by atomic mass is 10.1. The predicted molar refractivity (Wildman–Crippen MR) is 89.0 cm³/mol. The highest BCUT2D eigenvalue weighted by Gasteiger charge is 2.14. The van der Waals surface area contributed by atoms with Gasteiger partial charge in [0.15, 0.2) is 0 Å². The van der Waals surface area contributed by atoms with Gasteiger partial charge in [-0.1, -0.05) is 34.5 Å². The molecule has 0 spiro atoms. The molecule has 0 aromatic heterocycles. The molecule has 0 aliphatic rings. The standard InChI is InChI=1S/C15H14BrClN2O2/c1-2-10-7-12(16)4-6-14(10)18-9-11-3-5-13(17)8-15(11)19(20)21/h3-8,18H,2,9H2,1H3. The average molecular weight is 370 g/mol. The zero-order valence-corrected chi connectivity index (χ0v) is 13.7. The van der Waals surface area contributed by atoms with E-state index in [1.807, 2.05) is 18.2 Å². The Kier molecular flexibility index (Phi) is 5.20. The van der Waals surface area contributed by atoms with Crippen molar-refractivity contribution < 1.29 is 4.92 Å². The first-order chi connectivity index (χ1) is 10.0. The molecule has 0 amide bonds. The highest BCUT2D eigenvalue weighted by atomic mass is 79.9. The zero-order valence-electron chi connectivity index (χ0n) is 11.4. The van der Waals surface area contributed by atoms with Crippen molar-refractivity contribution in [3.8, 4) is 0 Å². The van der Waals surface area contributed by atoms with Crippen LogP contribution in [0.3, 0.4) is 0 Å². The summed E-state index contributed by atoms with van der Waals surface area (Å²) in [7, 11) is 0. The SMILES string of the molecule is CCc1cc(Br)ccc1NCc1ccc(Cl)cc1[N+](=O)[O-]. The van der Waals surface area contributed by atoms with Crippen LogP contribution in [0.25, 0.3) is 0 Å². The molecule has 0 unspecified atom stereocenters. The van der Waals surface area contributed by atoms with Crippen molar-refractivity contribution in [2.75, 3.05) is 5.32 Å². The summed E-state index contributed by atoms with van der Waals surface area (Å²) in [5.41, 5.74) is 2.77. The minimum atomic E-state index is -0.412. The average Bonchev–Trinajstić information content (AvgIpc) is 2.46. The highest BCUT2D eigenvalue weighted by Crippen LogP contribution is 2.26. The van der Waals surface area contributed by atoms with E-state index in [0.717, 1.165) is 22.1 Å². The fourth-order valence-corrected chi connectivity index (χ4v) is 2.65. The first-order valence-electron chi connectivity index (χ1n) is 6.46. The molecular weight excluding hydrogens is 356 g/mol. The van der Waals surface area contributed by atoms with Crippen LogP contribution < -0.4 is 5.32 Å². The first-order valence-corrected chi connectivity index (χ1v) is 7.63. The second kappa shape index (κ2) is 6.91. The molecule has 0 aliphatic carbocycles. The van der Waals surface area contributed by atoms with Crippen molar-refractivity contribution in [2.24, 2.45) is 0 Å². The lowest BCUT2D eigenvalue weighted by Crippen LogP contribution is -2.05. The van der Waals surface area contributed by atoms with Crippen molar-refractivity contribution in [3.05, 3.63) is 67.1 Å². The smallest absolute Gasteiger partial charge is 0.275 e. The van der Waals surface area contributed by atoms with E-state index >= 15 is 0 Å². The van der Waals surface area contributed by atoms with Crippen LogP contribution in [0.1, 0.15) is 18.1 Å². The maximum atomic E-state index is 11.1. The lowest BCUT2D eigenvalue weighted by molar-refractivity contribution is -0.385. The van der Waals surface area contributed by atoms with Gasteiger partial charge in [-0.2, -0.15) is 0 Å². The van der Waals surface area contributed by atoms with Crippen molar-refractivity contribution in [2.45, 2.75) is 19.9 Å². The molecule has 2 aromatic rings. The highest BCUT2D eigenvalue weighted by molar-refractivity contribution is 9.10. The molecule has 4 nitrogen and oxygen atoms in total. The Morgan fingerprint density at radius 1 is 1.24 bits per heavy atom. The monoisotopic (exact) mass is 368 g/mol. The van der Waals surface area contributed by atoms with E-state index in [1.54, 1.807) is 12.1 Å². The first kappa shape index (κ1) is 15.8. The van der Waals surface area contributed by atoms with Gasteiger partial charge in [-0.05, 0) is 42.3 Å². The van der Waals surface area contributed by atoms with Crippen molar-refractivity contribution >= 4 is 38.9 Å². The van der Waals surface area contributed by atoms with Gasteiger partial charge in [0.2, 0.25) is 0 Å². The van der Waals surface area contributed by atoms with Gasteiger partial charge in [-0.25, -0.2) is 0 Å². The molecule has 2 rings (SSSR count). The summed E-state index contributed by atoms with van der Waals surface area (Å²) in [5, 5.41) is 14.7. The Balaban J connectivity index is 2.22. The molecule has 0 aliphatic heterocycles. The number of benzene rings is 2. The molecule has 0 saturated carbocycles. The summed E-state index contributed by atoms with van der Waals surface area (Å²) >= 11 is 9.25. The third kappa shape index (κ3) is 3.95. The quantitative estimate of drug-likeness (QED) is 0.583. The molecule has 21 heavy (non-hydrogen) atoms. The normalized spacial score (nSPS) is 10.4. The number of nitro benzene ring substituents is 1.